The summed E-state index contributed by atoms with van der Waals surface area (Å²) >= 11 is 0. The first kappa shape index (κ1) is 37.5. The molecule has 0 radical (unpaired) electrons. The highest BCUT2D eigenvalue weighted by atomic mass is 19.1. The van der Waals surface area contributed by atoms with Crippen LogP contribution in [0.15, 0.2) is 36.4 Å². The molecule has 2 aromatic carbocycles. The lowest BCUT2D eigenvalue weighted by molar-refractivity contribution is -0.119. The van der Waals surface area contributed by atoms with Crippen LogP contribution in [0.4, 0.5) is 8.78 Å². The molecule has 4 rings (SSSR count). The van der Waals surface area contributed by atoms with Gasteiger partial charge in [0.1, 0.15) is 11.6 Å². The van der Waals surface area contributed by atoms with E-state index in [1.54, 1.807) is 12.1 Å². The zero-order valence-corrected chi connectivity index (χ0v) is 28.0. The Morgan fingerprint density at radius 1 is 0.804 bits per heavy atom. The summed E-state index contributed by atoms with van der Waals surface area (Å²) in [6, 6.07) is 9.69. The molecule has 2 aliphatic heterocycles. The van der Waals surface area contributed by atoms with E-state index in [0.29, 0.717) is 56.4 Å². The van der Waals surface area contributed by atoms with Gasteiger partial charge in [0.25, 0.3) is 0 Å². The van der Waals surface area contributed by atoms with E-state index in [1.165, 1.54) is 32.0 Å². The molecule has 8 nitrogen and oxygen atoms in total. The minimum atomic E-state index is -1.21. The quantitative estimate of drug-likeness (QED) is 0.190. The van der Waals surface area contributed by atoms with Gasteiger partial charge in [0, 0.05) is 57.4 Å². The average Bonchev–Trinajstić information content (AvgIpc) is 3.03. The molecule has 2 aliphatic rings. The number of nitrogens with one attached hydrogen (secondary N) is 4. The maximum absolute atomic E-state index is 14.4. The second-order valence-corrected chi connectivity index (χ2v) is 13.1. The van der Waals surface area contributed by atoms with Crippen LogP contribution < -0.4 is 21.3 Å². The number of benzene rings is 2. The Balaban J connectivity index is 0.000000250. The van der Waals surface area contributed by atoms with Crippen LogP contribution in [0.25, 0.3) is 0 Å². The fourth-order valence-corrected chi connectivity index (χ4v) is 6.86. The predicted molar refractivity (Wildman–Crippen MR) is 177 cm³/mol. The minimum Gasteiger partial charge on any atom is -0.385 e. The van der Waals surface area contributed by atoms with Crippen LogP contribution in [0.1, 0.15) is 87.5 Å². The molecule has 2 saturated heterocycles. The fourth-order valence-electron chi connectivity index (χ4n) is 6.86. The Hall–Kier alpha value is -2.92. The van der Waals surface area contributed by atoms with Crippen molar-refractivity contribution in [3.8, 4) is 0 Å². The number of aliphatic hydroxyl groups is 2. The van der Waals surface area contributed by atoms with Gasteiger partial charge in [-0.2, -0.15) is 0 Å². The average molecular weight is 645 g/mol. The third-order valence-corrected chi connectivity index (χ3v) is 9.29. The second kappa shape index (κ2) is 17.8. The second-order valence-electron chi connectivity index (χ2n) is 13.1. The van der Waals surface area contributed by atoms with Gasteiger partial charge in [-0.25, -0.2) is 8.78 Å². The summed E-state index contributed by atoms with van der Waals surface area (Å²) in [5.41, 5.74) is 0.496. The lowest BCUT2D eigenvalue weighted by Gasteiger charge is -2.39. The zero-order valence-electron chi connectivity index (χ0n) is 28.0. The molecule has 0 bridgehead atoms. The molecule has 0 aromatic heterocycles. The van der Waals surface area contributed by atoms with Crippen molar-refractivity contribution in [2.75, 3.05) is 39.3 Å². The molecule has 2 heterocycles. The molecule has 256 valence electrons. The van der Waals surface area contributed by atoms with Crippen molar-refractivity contribution in [3.05, 3.63) is 70.3 Å². The molecule has 2 amide bonds. The summed E-state index contributed by atoms with van der Waals surface area (Å²) < 4.78 is 28.2. The highest BCUT2D eigenvalue weighted by molar-refractivity contribution is 5.73. The van der Waals surface area contributed by atoms with Crippen LogP contribution in [-0.4, -0.2) is 61.3 Å². The molecule has 0 saturated carbocycles. The maximum atomic E-state index is 14.4. The van der Waals surface area contributed by atoms with Gasteiger partial charge in [-0.3, -0.25) is 9.59 Å². The van der Waals surface area contributed by atoms with Gasteiger partial charge in [-0.15, -0.1) is 0 Å². The summed E-state index contributed by atoms with van der Waals surface area (Å²) in [5.74, 6) is -0.809. The molecule has 10 heteroatoms. The van der Waals surface area contributed by atoms with Gasteiger partial charge in [0.15, 0.2) is 0 Å². The fraction of sp³-hybridized carbons (Fsp3) is 0.611. The van der Waals surface area contributed by atoms with Crippen LogP contribution in [-0.2, 0) is 20.8 Å². The van der Waals surface area contributed by atoms with E-state index < -0.39 is 11.2 Å². The van der Waals surface area contributed by atoms with Crippen molar-refractivity contribution < 1.29 is 28.6 Å². The van der Waals surface area contributed by atoms with Crippen molar-refractivity contribution in [2.45, 2.75) is 90.3 Å². The summed E-state index contributed by atoms with van der Waals surface area (Å²) in [6.07, 6.45) is 5.97. The van der Waals surface area contributed by atoms with Gasteiger partial charge < -0.3 is 31.5 Å². The number of carbonyl (C=O) groups excluding carboxylic acids is 2. The molecule has 2 fully saturated rings. The smallest absolute Gasteiger partial charge is 0.216 e. The number of halogens is 2. The number of carbonyl (C=O) groups is 2. The normalized spacial score (nSPS) is 20.8. The van der Waals surface area contributed by atoms with Gasteiger partial charge in [-0.1, -0.05) is 23.8 Å². The number of rotatable bonds is 12. The Kier molecular flexibility index (Phi) is 14.6. The molecule has 0 unspecified atom stereocenters. The van der Waals surface area contributed by atoms with E-state index >= 15 is 0 Å². The minimum absolute atomic E-state index is 0.0233. The first-order valence-corrected chi connectivity index (χ1v) is 16.7. The maximum Gasteiger partial charge on any atom is 0.216 e. The third-order valence-electron chi connectivity index (χ3n) is 9.29. The first-order chi connectivity index (χ1) is 21.8. The molecule has 6 N–H and O–H groups in total. The van der Waals surface area contributed by atoms with Gasteiger partial charge in [0.05, 0.1) is 11.2 Å². The largest absolute Gasteiger partial charge is 0.385 e. The highest BCUT2D eigenvalue weighted by Crippen LogP contribution is 2.40. The number of aryl methyl sites for hydroxylation is 2. The van der Waals surface area contributed by atoms with Crippen molar-refractivity contribution in [3.63, 3.8) is 0 Å². The van der Waals surface area contributed by atoms with E-state index in [-0.39, 0.29) is 35.3 Å². The van der Waals surface area contributed by atoms with Crippen molar-refractivity contribution in [1.82, 2.24) is 21.3 Å². The molecule has 2 aromatic rings. The molecule has 0 spiro atoms. The number of piperidine rings is 2. The standard InChI is InChI=1S/2C18H27FN2O2/c1-13-6-7-17(19)16(11-13)18(23,8-4-10-21-14(2)22)15-5-3-9-20-12-15;1-13-9-16(11-17(19)10-13)18(23,6-4-8-21-14(2)22)15-5-3-7-20-12-15/h6-7,11,15,20,23H,3-5,8-10,12H2,1-2H3,(H,21,22);9-11,15,20,23H,3-8,12H2,1-2H3,(H,21,22)/t2*15-,18+/m11/s1. The summed E-state index contributed by atoms with van der Waals surface area (Å²) in [6.45, 7) is 11.0. The van der Waals surface area contributed by atoms with Crippen molar-refractivity contribution in [1.29, 1.82) is 0 Å². The molecule has 4 atom stereocenters. The van der Waals surface area contributed by atoms with E-state index in [0.717, 1.165) is 56.4 Å². The molecule has 0 aliphatic carbocycles. The van der Waals surface area contributed by atoms with Crippen LogP contribution >= 0.6 is 0 Å². The first-order valence-electron chi connectivity index (χ1n) is 16.7. The Morgan fingerprint density at radius 2 is 1.35 bits per heavy atom. The molecular formula is C36H54F2N4O4. The lowest BCUT2D eigenvalue weighted by atomic mass is 9.74. The SMILES string of the molecule is CC(=O)NCCC[C@@](O)(c1cc(C)cc(F)c1)[C@@H]1CCCNC1.CC(=O)NCCC[C@@](O)(c1cc(C)ccc1F)[C@@H]1CCCNC1. The van der Waals surface area contributed by atoms with E-state index in [1.807, 2.05) is 19.9 Å². The number of amides is 2. The topological polar surface area (TPSA) is 123 Å². The third kappa shape index (κ3) is 10.8. The molecule has 46 heavy (non-hydrogen) atoms. The Bertz CT molecular complexity index is 1260. The van der Waals surface area contributed by atoms with Crippen LogP contribution in [0.3, 0.4) is 0 Å². The van der Waals surface area contributed by atoms with Crippen LogP contribution in [0.5, 0.6) is 0 Å². The summed E-state index contributed by atoms with van der Waals surface area (Å²) in [5, 5.41) is 34.9. The Labute approximate surface area is 273 Å². The van der Waals surface area contributed by atoms with Crippen molar-refractivity contribution >= 4 is 11.8 Å². The predicted octanol–water partition coefficient (Wildman–Crippen LogP) is 4.48. The van der Waals surface area contributed by atoms with E-state index in [9.17, 15) is 28.6 Å². The summed E-state index contributed by atoms with van der Waals surface area (Å²) in [7, 11) is 0. The van der Waals surface area contributed by atoms with Gasteiger partial charge in [0.2, 0.25) is 11.8 Å². The Morgan fingerprint density at radius 3 is 1.85 bits per heavy atom. The monoisotopic (exact) mass is 644 g/mol. The summed E-state index contributed by atoms with van der Waals surface area (Å²) in [4.78, 5) is 22.0. The number of hydrogen-bond acceptors (Lipinski definition) is 6. The zero-order chi connectivity index (χ0) is 33.7. The molecular weight excluding hydrogens is 590 g/mol. The number of hydrogen-bond donors (Lipinski definition) is 6. The van der Waals surface area contributed by atoms with Crippen LogP contribution in [0.2, 0.25) is 0 Å². The van der Waals surface area contributed by atoms with E-state index in [4.69, 9.17) is 0 Å². The van der Waals surface area contributed by atoms with Crippen LogP contribution in [0, 0.1) is 37.3 Å². The van der Waals surface area contributed by atoms with Gasteiger partial charge in [-0.05, 0) is 108 Å². The van der Waals surface area contributed by atoms with E-state index in [2.05, 4.69) is 21.3 Å². The highest BCUT2D eigenvalue weighted by Gasteiger charge is 2.41. The lowest BCUT2D eigenvalue weighted by Crippen LogP contribution is -2.45. The van der Waals surface area contributed by atoms with Gasteiger partial charge >= 0.3 is 0 Å². The van der Waals surface area contributed by atoms with Crippen molar-refractivity contribution in [2.24, 2.45) is 11.8 Å².